The van der Waals surface area contributed by atoms with E-state index in [-0.39, 0.29) is 28.9 Å². The summed E-state index contributed by atoms with van der Waals surface area (Å²) in [4.78, 5) is 0. The number of phenols is 4. The summed E-state index contributed by atoms with van der Waals surface area (Å²) in [5.41, 5.74) is 2.99. The number of benzene rings is 2. The van der Waals surface area contributed by atoms with Gasteiger partial charge in [-0.1, -0.05) is 18.2 Å². The minimum absolute atomic E-state index is 0.101. The van der Waals surface area contributed by atoms with Crippen molar-refractivity contribution >= 4 is 5.57 Å². The quantitative estimate of drug-likeness (QED) is 0.635. The molecule has 0 aromatic heterocycles. The smallest absolute Gasteiger partial charge is 0.157 e. The van der Waals surface area contributed by atoms with Gasteiger partial charge in [-0.25, -0.2) is 0 Å². The molecule has 0 radical (unpaired) electrons. The van der Waals surface area contributed by atoms with E-state index in [1.165, 1.54) is 12.1 Å². The van der Waals surface area contributed by atoms with Gasteiger partial charge in [-0.3, -0.25) is 0 Å². The van der Waals surface area contributed by atoms with Crippen LogP contribution in [0.2, 0.25) is 0 Å². The molecule has 1 aliphatic carbocycles. The van der Waals surface area contributed by atoms with E-state index in [4.69, 9.17) is 0 Å². The fourth-order valence-electron chi connectivity index (χ4n) is 2.95. The molecule has 4 heteroatoms. The van der Waals surface area contributed by atoms with E-state index in [2.05, 4.69) is 6.08 Å². The van der Waals surface area contributed by atoms with E-state index >= 15 is 0 Å². The van der Waals surface area contributed by atoms with Crippen LogP contribution < -0.4 is 0 Å². The molecule has 0 bridgehead atoms. The summed E-state index contributed by atoms with van der Waals surface area (Å²) in [7, 11) is 0. The van der Waals surface area contributed by atoms with Crippen molar-refractivity contribution < 1.29 is 20.4 Å². The van der Waals surface area contributed by atoms with Crippen LogP contribution >= 0.6 is 0 Å². The molecule has 0 spiro atoms. The normalized spacial score (nSPS) is 18.0. The molecule has 4 N–H and O–H groups in total. The summed E-state index contributed by atoms with van der Waals surface area (Å²) in [6.45, 7) is 0. The summed E-state index contributed by atoms with van der Waals surface area (Å²) in [5.74, 6) is -0.208. The number of allylic oxidation sites excluding steroid dienone is 2. The molecular weight excluding hydrogens is 280 g/mol. The first-order chi connectivity index (χ1) is 10.5. The molecule has 0 saturated heterocycles. The van der Waals surface area contributed by atoms with Crippen LogP contribution in [-0.2, 0) is 0 Å². The highest BCUT2D eigenvalue weighted by Gasteiger charge is 2.20. The largest absolute Gasteiger partial charge is 0.504 e. The predicted molar refractivity (Wildman–Crippen MR) is 84.1 cm³/mol. The van der Waals surface area contributed by atoms with Crippen LogP contribution in [0.1, 0.15) is 36.3 Å². The second kappa shape index (κ2) is 5.64. The molecule has 2 aromatic rings. The third-order valence-corrected chi connectivity index (χ3v) is 4.19. The zero-order valence-corrected chi connectivity index (χ0v) is 12.0. The van der Waals surface area contributed by atoms with Crippen LogP contribution in [0.3, 0.4) is 0 Å². The molecule has 114 valence electrons. The zero-order chi connectivity index (χ0) is 15.7. The van der Waals surface area contributed by atoms with Crippen molar-refractivity contribution in [2.75, 3.05) is 0 Å². The van der Waals surface area contributed by atoms with E-state index in [1.807, 2.05) is 6.07 Å². The summed E-state index contributed by atoms with van der Waals surface area (Å²) in [6.07, 6.45) is 4.80. The van der Waals surface area contributed by atoms with E-state index in [0.717, 1.165) is 36.0 Å². The Labute approximate surface area is 128 Å². The molecule has 22 heavy (non-hydrogen) atoms. The standard InChI is InChI=1S/C18H18O4/c19-15-6-4-13(9-17(15)21)11-2-1-3-12(8-11)14-5-7-16(20)18(22)10-14/h2,4-7,9-10,12,19-22H,1,3,8H2. The molecule has 1 atom stereocenters. The fourth-order valence-corrected chi connectivity index (χ4v) is 2.95. The minimum atomic E-state index is -0.125. The van der Waals surface area contributed by atoms with E-state index in [1.54, 1.807) is 18.2 Å². The Kier molecular flexibility index (Phi) is 3.67. The number of phenolic OH excluding ortho intramolecular Hbond substituents is 4. The highest BCUT2D eigenvalue weighted by atomic mass is 16.3. The molecule has 0 aliphatic heterocycles. The van der Waals surface area contributed by atoms with E-state index in [9.17, 15) is 20.4 Å². The number of rotatable bonds is 2. The Morgan fingerprint density at radius 2 is 1.45 bits per heavy atom. The molecule has 1 aliphatic rings. The highest BCUT2D eigenvalue weighted by Crippen LogP contribution is 2.40. The maximum Gasteiger partial charge on any atom is 0.157 e. The van der Waals surface area contributed by atoms with Gasteiger partial charge in [0.1, 0.15) is 0 Å². The predicted octanol–water partition coefficient (Wildman–Crippen LogP) is 3.86. The van der Waals surface area contributed by atoms with E-state index in [0.29, 0.717) is 0 Å². The Morgan fingerprint density at radius 1 is 0.773 bits per heavy atom. The van der Waals surface area contributed by atoms with Crippen molar-refractivity contribution in [3.63, 3.8) is 0 Å². The van der Waals surface area contributed by atoms with Crippen molar-refractivity contribution in [1.82, 2.24) is 0 Å². The van der Waals surface area contributed by atoms with Crippen LogP contribution in [-0.4, -0.2) is 20.4 Å². The van der Waals surface area contributed by atoms with Gasteiger partial charge in [0.05, 0.1) is 0 Å². The van der Waals surface area contributed by atoms with Gasteiger partial charge in [-0.15, -0.1) is 0 Å². The summed E-state index contributed by atoms with van der Waals surface area (Å²) < 4.78 is 0. The van der Waals surface area contributed by atoms with Crippen LogP contribution in [0.5, 0.6) is 23.0 Å². The Bertz CT molecular complexity index is 734. The zero-order valence-electron chi connectivity index (χ0n) is 12.0. The van der Waals surface area contributed by atoms with Gasteiger partial charge in [0.2, 0.25) is 0 Å². The van der Waals surface area contributed by atoms with Crippen molar-refractivity contribution in [2.24, 2.45) is 0 Å². The molecule has 3 rings (SSSR count). The molecule has 0 saturated carbocycles. The van der Waals surface area contributed by atoms with Crippen molar-refractivity contribution in [1.29, 1.82) is 0 Å². The molecule has 1 unspecified atom stereocenters. The molecule has 2 aromatic carbocycles. The average Bonchev–Trinajstić information content (AvgIpc) is 2.53. The maximum absolute atomic E-state index is 9.66. The van der Waals surface area contributed by atoms with Crippen LogP contribution in [0, 0.1) is 0 Å². The lowest BCUT2D eigenvalue weighted by Crippen LogP contribution is -2.05. The van der Waals surface area contributed by atoms with E-state index < -0.39 is 0 Å². The summed E-state index contributed by atoms with van der Waals surface area (Å²) >= 11 is 0. The van der Waals surface area contributed by atoms with Crippen molar-refractivity contribution in [2.45, 2.75) is 25.2 Å². The summed E-state index contributed by atoms with van der Waals surface area (Å²) in [5, 5.41) is 38.1. The monoisotopic (exact) mass is 298 g/mol. The second-order valence-electron chi connectivity index (χ2n) is 5.66. The van der Waals surface area contributed by atoms with Gasteiger partial charge >= 0.3 is 0 Å². The Morgan fingerprint density at radius 3 is 2.14 bits per heavy atom. The highest BCUT2D eigenvalue weighted by molar-refractivity contribution is 5.69. The topological polar surface area (TPSA) is 80.9 Å². The van der Waals surface area contributed by atoms with Crippen LogP contribution in [0.25, 0.3) is 5.57 Å². The van der Waals surface area contributed by atoms with Gasteiger partial charge in [-0.2, -0.15) is 0 Å². The van der Waals surface area contributed by atoms with Crippen LogP contribution in [0.4, 0.5) is 0 Å². The lowest BCUT2D eigenvalue weighted by molar-refractivity contribution is 0.402. The first-order valence-electron chi connectivity index (χ1n) is 7.28. The van der Waals surface area contributed by atoms with Gasteiger partial charge < -0.3 is 20.4 Å². The SMILES string of the molecule is Oc1ccc(C2=CCCC(c3ccc(O)c(O)c3)C2)cc1O. The Hall–Kier alpha value is -2.62. The number of hydrogen-bond acceptors (Lipinski definition) is 4. The molecular formula is C18H18O4. The molecule has 4 nitrogen and oxygen atoms in total. The van der Waals surface area contributed by atoms with Crippen LogP contribution in [0.15, 0.2) is 42.5 Å². The second-order valence-corrected chi connectivity index (χ2v) is 5.66. The van der Waals surface area contributed by atoms with Gasteiger partial charge in [0.15, 0.2) is 23.0 Å². The van der Waals surface area contributed by atoms with Gasteiger partial charge in [0.25, 0.3) is 0 Å². The Balaban J connectivity index is 1.85. The molecule has 0 heterocycles. The number of aromatic hydroxyl groups is 4. The number of hydrogen-bond donors (Lipinski definition) is 4. The molecule has 0 fully saturated rings. The third-order valence-electron chi connectivity index (χ3n) is 4.19. The maximum atomic E-state index is 9.66. The molecule has 0 amide bonds. The van der Waals surface area contributed by atoms with Crippen molar-refractivity contribution in [3.8, 4) is 23.0 Å². The lowest BCUT2D eigenvalue weighted by atomic mass is 9.81. The minimum Gasteiger partial charge on any atom is -0.504 e. The third kappa shape index (κ3) is 2.72. The lowest BCUT2D eigenvalue weighted by Gasteiger charge is -2.24. The summed E-state index contributed by atoms with van der Waals surface area (Å²) in [6, 6.07) is 9.79. The fraction of sp³-hybridized carbons (Fsp3) is 0.222. The van der Waals surface area contributed by atoms with Gasteiger partial charge in [0, 0.05) is 0 Å². The van der Waals surface area contributed by atoms with Crippen molar-refractivity contribution in [3.05, 3.63) is 53.6 Å². The van der Waals surface area contributed by atoms with Gasteiger partial charge in [-0.05, 0) is 66.1 Å². The first kappa shape index (κ1) is 14.3. The first-order valence-corrected chi connectivity index (χ1v) is 7.28. The average molecular weight is 298 g/mol.